The van der Waals surface area contributed by atoms with Gasteiger partial charge in [0.2, 0.25) is 15.9 Å². The van der Waals surface area contributed by atoms with E-state index in [1.165, 1.54) is 37.6 Å². The van der Waals surface area contributed by atoms with E-state index in [9.17, 15) is 18.0 Å². The van der Waals surface area contributed by atoms with Crippen LogP contribution in [0.4, 0.5) is 5.69 Å². The summed E-state index contributed by atoms with van der Waals surface area (Å²) in [6.07, 6.45) is 0.0529. The number of hydrogen-bond donors (Lipinski definition) is 1. The van der Waals surface area contributed by atoms with Crippen LogP contribution in [0.15, 0.2) is 41.3 Å². The molecule has 1 heterocycles. The van der Waals surface area contributed by atoms with Gasteiger partial charge in [-0.2, -0.15) is 0 Å². The molecule has 0 aliphatic carbocycles. The van der Waals surface area contributed by atoms with Crippen molar-refractivity contribution in [2.24, 2.45) is 0 Å². The molecule has 134 valence electrons. The van der Waals surface area contributed by atoms with Crippen LogP contribution in [0.25, 0.3) is 0 Å². The normalized spacial score (nSPS) is 11.5. The van der Waals surface area contributed by atoms with Gasteiger partial charge in [0.15, 0.2) is 5.78 Å². The van der Waals surface area contributed by atoms with Crippen molar-refractivity contribution in [1.29, 1.82) is 0 Å². The monoisotopic (exact) mass is 400 g/mol. The van der Waals surface area contributed by atoms with Crippen LogP contribution in [0, 0.1) is 0 Å². The molecule has 0 spiro atoms. The van der Waals surface area contributed by atoms with Crippen molar-refractivity contribution in [1.82, 2.24) is 4.31 Å². The Labute approximate surface area is 155 Å². The molecule has 0 fully saturated rings. The van der Waals surface area contributed by atoms with Crippen LogP contribution in [-0.2, 0) is 14.8 Å². The molecule has 1 aromatic carbocycles. The summed E-state index contributed by atoms with van der Waals surface area (Å²) in [7, 11) is -0.711. The zero-order chi connectivity index (χ0) is 18.6. The number of hydrogen-bond acceptors (Lipinski definition) is 5. The fraction of sp³-hybridized carbons (Fsp3) is 0.250. The second kappa shape index (κ2) is 8.09. The second-order valence-electron chi connectivity index (χ2n) is 5.39. The summed E-state index contributed by atoms with van der Waals surface area (Å²) in [6.45, 7) is 0. The van der Waals surface area contributed by atoms with Crippen molar-refractivity contribution < 1.29 is 18.0 Å². The summed E-state index contributed by atoms with van der Waals surface area (Å²) in [4.78, 5) is 24.6. The standard InChI is InChI=1S/C16H17ClN2O4S2/c1-19(2)25(22,23)12-5-3-4-11(10-12)18-16(21)9-6-13(20)14-7-8-15(17)24-14/h3-5,7-8,10H,6,9H2,1-2H3,(H,18,21). The van der Waals surface area contributed by atoms with Gasteiger partial charge >= 0.3 is 0 Å². The molecular formula is C16H17ClN2O4S2. The number of halogens is 1. The molecule has 0 saturated heterocycles. The van der Waals surface area contributed by atoms with Gasteiger partial charge in [-0.1, -0.05) is 17.7 Å². The van der Waals surface area contributed by atoms with Crippen LogP contribution in [0.5, 0.6) is 0 Å². The molecule has 2 aromatic rings. The van der Waals surface area contributed by atoms with Crippen LogP contribution in [0.2, 0.25) is 4.34 Å². The first-order chi connectivity index (χ1) is 11.7. The molecule has 0 aliphatic rings. The molecule has 1 N–H and O–H groups in total. The SMILES string of the molecule is CN(C)S(=O)(=O)c1cccc(NC(=O)CCC(=O)c2ccc(Cl)s2)c1. The Morgan fingerprint density at radius 1 is 1.16 bits per heavy atom. The number of carbonyl (C=O) groups is 2. The Hall–Kier alpha value is -1.74. The average Bonchev–Trinajstić information content (AvgIpc) is 2.99. The molecule has 2 rings (SSSR count). The minimum Gasteiger partial charge on any atom is -0.326 e. The molecule has 0 radical (unpaired) electrons. The third-order valence-corrected chi connectivity index (χ3v) is 6.41. The maximum atomic E-state index is 12.1. The largest absolute Gasteiger partial charge is 0.326 e. The molecule has 0 saturated carbocycles. The molecule has 1 aromatic heterocycles. The van der Waals surface area contributed by atoms with E-state index < -0.39 is 10.0 Å². The summed E-state index contributed by atoms with van der Waals surface area (Å²) in [5.74, 6) is -0.522. The minimum atomic E-state index is -3.58. The molecule has 25 heavy (non-hydrogen) atoms. The lowest BCUT2D eigenvalue weighted by Gasteiger charge is -2.12. The number of nitrogens with one attached hydrogen (secondary N) is 1. The second-order valence-corrected chi connectivity index (χ2v) is 9.26. The fourth-order valence-corrected chi connectivity index (χ4v) is 3.94. The lowest BCUT2D eigenvalue weighted by Crippen LogP contribution is -2.22. The molecule has 9 heteroatoms. The highest BCUT2D eigenvalue weighted by Gasteiger charge is 2.18. The van der Waals surface area contributed by atoms with Gasteiger partial charge in [-0.25, -0.2) is 12.7 Å². The van der Waals surface area contributed by atoms with Gasteiger partial charge in [-0.05, 0) is 30.3 Å². The first kappa shape index (κ1) is 19.6. The third kappa shape index (κ3) is 5.12. The number of anilines is 1. The summed E-state index contributed by atoms with van der Waals surface area (Å²) >= 11 is 6.95. The number of rotatable bonds is 7. The van der Waals surface area contributed by atoms with Crippen LogP contribution in [0.3, 0.4) is 0 Å². The van der Waals surface area contributed by atoms with E-state index in [1.807, 2.05) is 0 Å². The van der Waals surface area contributed by atoms with Gasteiger partial charge in [-0.15, -0.1) is 11.3 Å². The first-order valence-corrected chi connectivity index (χ1v) is 9.94. The number of ketones is 1. The van der Waals surface area contributed by atoms with E-state index in [-0.39, 0.29) is 29.4 Å². The van der Waals surface area contributed by atoms with E-state index in [0.717, 1.165) is 4.31 Å². The van der Waals surface area contributed by atoms with Gasteiger partial charge in [-0.3, -0.25) is 9.59 Å². The summed E-state index contributed by atoms with van der Waals surface area (Å²) in [5.41, 5.74) is 0.361. The van der Waals surface area contributed by atoms with Crippen molar-refractivity contribution in [3.63, 3.8) is 0 Å². The van der Waals surface area contributed by atoms with Crippen LogP contribution < -0.4 is 5.32 Å². The van der Waals surface area contributed by atoms with E-state index >= 15 is 0 Å². The highest BCUT2D eigenvalue weighted by atomic mass is 35.5. The maximum Gasteiger partial charge on any atom is 0.242 e. The number of carbonyl (C=O) groups excluding carboxylic acids is 2. The summed E-state index contributed by atoms with van der Waals surface area (Å²) in [5, 5.41) is 2.61. The molecule has 1 amide bonds. The Morgan fingerprint density at radius 3 is 2.48 bits per heavy atom. The Bertz CT molecular complexity index is 891. The van der Waals surface area contributed by atoms with E-state index in [1.54, 1.807) is 24.3 Å². The predicted octanol–water partition coefficient (Wildman–Crippen LogP) is 3.25. The number of nitrogens with zero attached hydrogens (tertiary/aromatic N) is 1. The van der Waals surface area contributed by atoms with Crippen molar-refractivity contribution in [3.05, 3.63) is 45.6 Å². The number of sulfonamides is 1. The molecule has 0 unspecified atom stereocenters. The topological polar surface area (TPSA) is 83.6 Å². The molecule has 0 atom stereocenters. The van der Waals surface area contributed by atoms with Crippen molar-refractivity contribution >= 4 is 50.3 Å². The highest BCUT2D eigenvalue weighted by Crippen LogP contribution is 2.23. The zero-order valence-electron chi connectivity index (χ0n) is 13.7. The number of benzene rings is 1. The van der Waals surface area contributed by atoms with E-state index in [0.29, 0.717) is 14.9 Å². The van der Waals surface area contributed by atoms with Crippen molar-refractivity contribution in [2.45, 2.75) is 17.7 Å². The van der Waals surface area contributed by atoms with Crippen molar-refractivity contribution in [3.8, 4) is 0 Å². The highest BCUT2D eigenvalue weighted by molar-refractivity contribution is 7.89. The minimum absolute atomic E-state index is 0.000982. The molecule has 6 nitrogen and oxygen atoms in total. The first-order valence-electron chi connectivity index (χ1n) is 7.31. The third-order valence-electron chi connectivity index (χ3n) is 3.32. The van der Waals surface area contributed by atoms with Gasteiger partial charge in [0, 0.05) is 32.6 Å². The summed E-state index contributed by atoms with van der Waals surface area (Å²) < 4.78 is 25.8. The van der Waals surface area contributed by atoms with Gasteiger partial charge in [0.1, 0.15) is 0 Å². The lowest BCUT2D eigenvalue weighted by molar-refractivity contribution is -0.116. The van der Waals surface area contributed by atoms with Crippen LogP contribution in [0.1, 0.15) is 22.5 Å². The summed E-state index contributed by atoms with van der Waals surface area (Å²) in [6, 6.07) is 9.24. The molecular weight excluding hydrogens is 384 g/mol. The lowest BCUT2D eigenvalue weighted by atomic mass is 10.2. The Morgan fingerprint density at radius 2 is 1.88 bits per heavy atom. The average molecular weight is 401 g/mol. The van der Waals surface area contributed by atoms with Gasteiger partial charge < -0.3 is 5.32 Å². The number of thiophene rings is 1. The van der Waals surface area contributed by atoms with E-state index in [2.05, 4.69) is 5.32 Å². The molecule has 0 bridgehead atoms. The fourth-order valence-electron chi connectivity index (χ4n) is 1.98. The number of amides is 1. The van der Waals surface area contributed by atoms with Gasteiger partial charge in [0.05, 0.1) is 14.1 Å². The smallest absolute Gasteiger partial charge is 0.242 e. The quantitative estimate of drug-likeness (QED) is 0.723. The van der Waals surface area contributed by atoms with Gasteiger partial charge in [0.25, 0.3) is 0 Å². The van der Waals surface area contributed by atoms with Crippen molar-refractivity contribution in [2.75, 3.05) is 19.4 Å². The Kier molecular flexibility index (Phi) is 6.34. The Balaban J connectivity index is 1.98. The molecule has 0 aliphatic heterocycles. The van der Waals surface area contributed by atoms with Crippen LogP contribution >= 0.6 is 22.9 Å². The number of Topliss-reactive ketones (excluding diaryl/α,β-unsaturated/α-hetero) is 1. The van der Waals surface area contributed by atoms with Crippen LogP contribution in [-0.4, -0.2) is 38.5 Å². The van der Waals surface area contributed by atoms with E-state index in [4.69, 9.17) is 11.6 Å². The zero-order valence-corrected chi connectivity index (χ0v) is 16.0. The predicted molar refractivity (Wildman–Crippen MR) is 98.8 cm³/mol. The maximum absolute atomic E-state index is 12.1.